The third-order valence-corrected chi connectivity index (χ3v) is 7.32. The molecule has 2 fully saturated rings. The predicted molar refractivity (Wildman–Crippen MR) is 130 cm³/mol. The van der Waals surface area contributed by atoms with E-state index in [0.29, 0.717) is 5.56 Å². The number of nitro groups is 1. The van der Waals surface area contributed by atoms with Gasteiger partial charge in [-0.15, -0.1) is 0 Å². The molecule has 3 aromatic carbocycles. The number of non-ortho nitro benzene ring substituents is 1. The third-order valence-electron chi connectivity index (χ3n) is 7.32. The monoisotopic (exact) mass is 498 g/mol. The number of carbonyl (C=O) groups is 3. The molecule has 0 spiro atoms. The normalized spacial score (nSPS) is 23.6. The number of hydrazone groups is 1. The SMILES string of the molecule is Cc1cc([N+](=O)[O-])ccc1N1C(=O)[C@@H]2[C@H](C1=O)[C@H](C(=O)c1ccc(F)cc1)N1N=Cc3ccccc3[C@@H]21. The zero-order chi connectivity index (χ0) is 26.0. The third kappa shape index (κ3) is 3.29. The van der Waals surface area contributed by atoms with Crippen molar-refractivity contribution >= 4 is 35.2 Å². The van der Waals surface area contributed by atoms with Crippen molar-refractivity contribution in [2.45, 2.75) is 19.0 Å². The number of nitro benzene ring substituents is 1. The summed E-state index contributed by atoms with van der Waals surface area (Å²) < 4.78 is 13.6. The molecule has 2 amide bonds. The Kier molecular flexibility index (Phi) is 5.01. The number of ketones is 1. The minimum Gasteiger partial charge on any atom is -0.292 e. The maximum absolute atomic E-state index is 13.9. The summed E-state index contributed by atoms with van der Waals surface area (Å²) in [6, 6.07) is 14.5. The second kappa shape index (κ2) is 8.16. The molecule has 3 aliphatic heterocycles. The molecule has 10 heteroatoms. The molecular formula is C27H19FN4O5. The lowest BCUT2D eigenvalue weighted by molar-refractivity contribution is -0.384. The van der Waals surface area contributed by atoms with Crippen molar-refractivity contribution in [2.75, 3.05) is 4.90 Å². The van der Waals surface area contributed by atoms with Crippen LogP contribution in [0.2, 0.25) is 0 Å². The first-order valence-corrected chi connectivity index (χ1v) is 11.6. The number of carbonyl (C=O) groups excluding carboxylic acids is 3. The Labute approximate surface area is 210 Å². The first-order chi connectivity index (χ1) is 17.8. The van der Waals surface area contributed by atoms with Gasteiger partial charge >= 0.3 is 0 Å². The summed E-state index contributed by atoms with van der Waals surface area (Å²) in [5.74, 6) is -3.98. The zero-order valence-electron chi connectivity index (χ0n) is 19.4. The molecule has 0 saturated carbocycles. The van der Waals surface area contributed by atoms with Crippen LogP contribution in [0.25, 0.3) is 0 Å². The molecule has 0 radical (unpaired) electrons. The summed E-state index contributed by atoms with van der Waals surface area (Å²) in [6.45, 7) is 1.59. The standard InChI is InChI=1S/C27H19FN4O5/c1-14-12-18(32(36)37)10-11-20(14)30-26(34)21-22(27(30)35)24(25(33)15-6-8-17(28)9-7-15)31-23(21)19-5-3-2-4-16(19)13-29-31/h2-13,21-24H,1H3/t21-,22+,23+,24-/m1/s1. The van der Waals surface area contributed by atoms with Crippen molar-refractivity contribution in [2.24, 2.45) is 16.9 Å². The average Bonchev–Trinajstić information content (AvgIpc) is 3.36. The number of hydrogen-bond acceptors (Lipinski definition) is 7. The minimum absolute atomic E-state index is 0.161. The van der Waals surface area contributed by atoms with Crippen LogP contribution in [0.4, 0.5) is 15.8 Å². The molecule has 0 aromatic heterocycles. The van der Waals surface area contributed by atoms with Gasteiger partial charge in [-0.3, -0.25) is 29.5 Å². The highest BCUT2D eigenvalue weighted by molar-refractivity contribution is 6.25. The smallest absolute Gasteiger partial charge is 0.269 e. The van der Waals surface area contributed by atoms with E-state index in [0.717, 1.165) is 16.0 Å². The number of fused-ring (bicyclic) bond motifs is 5. The number of Topliss-reactive ketones (excluding diaryl/α,β-unsaturated/α-hetero) is 1. The summed E-state index contributed by atoms with van der Waals surface area (Å²) in [4.78, 5) is 53.3. The van der Waals surface area contributed by atoms with Crippen molar-refractivity contribution in [1.82, 2.24) is 5.01 Å². The van der Waals surface area contributed by atoms with Gasteiger partial charge in [-0.1, -0.05) is 24.3 Å². The number of rotatable bonds is 4. The molecule has 6 rings (SSSR count). The molecule has 0 aliphatic carbocycles. The molecule has 0 unspecified atom stereocenters. The van der Waals surface area contributed by atoms with E-state index in [9.17, 15) is 28.9 Å². The summed E-state index contributed by atoms with van der Waals surface area (Å²) >= 11 is 0. The van der Waals surface area contributed by atoms with Crippen LogP contribution in [0, 0.1) is 34.7 Å². The summed E-state index contributed by atoms with van der Waals surface area (Å²) in [5.41, 5.74) is 2.21. The Morgan fingerprint density at radius 2 is 1.70 bits per heavy atom. The van der Waals surface area contributed by atoms with Gasteiger partial charge in [0.2, 0.25) is 11.8 Å². The van der Waals surface area contributed by atoms with E-state index in [1.807, 2.05) is 24.3 Å². The summed E-state index contributed by atoms with van der Waals surface area (Å²) in [7, 11) is 0. The first kappa shape index (κ1) is 22.7. The quantitative estimate of drug-likeness (QED) is 0.234. The number of imide groups is 1. The van der Waals surface area contributed by atoms with Crippen molar-refractivity contribution in [1.29, 1.82) is 0 Å². The van der Waals surface area contributed by atoms with Crippen molar-refractivity contribution < 1.29 is 23.7 Å². The lowest BCUT2D eigenvalue weighted by Gasteiger charge is -2.34. The largest absolute Gasteiger partial charge is 0.292 e. The highest BCUT2D eigenvalue weighted by Gasteiger charge is 2.65. The molecule has 2 saturated heterocycles. The van der Waals surface area contributed by atoms with Crippen LogP contribution in [0.3, 0.4) is 0 Å². The van der Waals surface area contributed by atoms with E-state index < -0.39 is 52.3 Å². The first-order valence-electron chi connectivity index (χ1n) is 11.6. The molecule has 4 atom stereocenters. The number of anilines is 1. The van der Waals surface area contributed by atoms with Crippen LogP contribution in [-0.2, 0) is 9.59 Å². The molecule has 184 valence electrons. The number of amides is 2. The molecule has 0 N–H and O–H groups in total. The highest BCUT2D eigenvalue weighted by Crippen LogP contribution is 2.53. The number of aryl methyl sites for hydroxylation is 1. The number of halogens is 1. The minimum atomic E-state index is -1.09. The van der Waals surface area contributed by atoms with Crippen LogP contribution >= 0.6 is 0 Å². The van der Waals surface area contributed by atoms with Gasteiger partial charge in [0, 0.05) is 17.7 Å². The Balaban J connectivity index is 1.49. The van der Waals surface area contributed by atoms with Crippen LogP contribution in [0.5, 0.6) is 0 Å². The van der Waals surface area contributed by atoms with Gasteiger partial charge in [0.25, 0.3) is 5.69 Å². The average molecular weight is 498 g/mol. The van der Waals surface area contributed by atoms with Crippen LogP contribution in [-0.4, -0.2) is 39.8 Å². The van der Waals surface area contributed by atoms with Gasteiger partial charge in [-0.05, 0) is 53.9 Å². The lowest BCUT2D eigenvalue weighted by Crippen LogP contribution is -2.44. The molecule has 0 bridgehead atoms. The van der Waals surface area contributed by atoms with Gasteiger partial charge in [-0.25, -0.2) is 9.29 Å². The molecule has 3 aromatic rings. The Morgan fingerprint density at radius 1 is 1.00 bits per heavy atom. The number of nitrogens with zero attached hydrogens (tertiary/aromatic N) is 4. The Bertz CT molecular complexity index is 1540. The highest BCUT2D eigenvalue weighted by atomic mass is 19.1. The van der Waals surface area contributed by atoms with E-state index in [1.54, 1.807) is 13.1 Å². The molecule has 3 heterocycles. The number of benzene rings is 3. The fourth-order valence-electron chi connectivity index (χ4n) is 5.69. The lowest BCUT2D eigenvalue weighted by atomic mass is 9.83. The molecule has 37 heavy (non-hydrogen) atoms. The second-order valence-corrected chi connectivity index (χ2v) is 9.31. The van der Waals surface area contributed by atoms with Crippen LogP contribution in [0.15, 0.2) is 71.8 Å². The zero-order valence-corrected chi connectivity index (χ0v) is 19.4. The van der Waals surface area contributed by atoms with Crippen molar-refractivity contribution in [3.05, 3.63) is 105 Å². The molecule has 9 nitrogen and oxygen atoms in total. The summed E-state index contributed by atoms with van der Waals surface area (Å²) in [5, 5.41) is 17.2. The topological polar surface area (TPSA) is 113 Å². The summed E-state index contributed by atoms with van der Waals surface area (Å²) in [6.07, 6.45) is 1.60. The fraction of sp³-hybridized carbons (Fsp3) is 0.185. The second-order valence-electron chi connectivity index (χ2n) is 9.31. The number of hydrogen-bond donors (Lipinski definition) is 0. The van der Waals surface area contributed by atoms with Gasteiger partial charge in [0.05, 0.1) is 34.7 Å². The van der Waals surface area contributed by atoms with Gasteiger partial charge in [0.1, 0.15) is 11.9 Å². The molecular weight excluding hydrogens is 479 g/mol. The van der Waals surface area contributed by atoms with E-state index in [2.05, 4.69) is 5.10 Å². The van der Waals surface area contributed by atoms with Crippen LogP contribution < -0.4 is 4.90 Å². The predicted octanol–water partition coefficient (Wildman–Crippen LogP) is 3.80. The van der Waals surface area contributed by atoms with Gasteiger partial charge < -0.3 is 0 Å². The van der Waals surface area contributed by atoms with Gasteiger partial charge in [0.15, 0.2) is 5.78 Å². The Morgan fingerprint density at radius 3 is 2.41 bits per heavy atom. The van der Waals surface area contributed by atoms with E-state index in [1.165, 1.54) is 47.5 Å². The maximum atomic E-state index is 13.9. The Hall–Kier alpha value is -4.73. The van der Waals surface area contributed by atoms with Crippen molar-refractivity contribution in [3.8, 4) is 0 Å². The van der Waals surface area contributed by atoms with Crippen molar-refractivity contribution in [3.63, 3.8) is 0 Å². The van der Waals surface area contributed by atoms with Gasteiger partial charge in [-0.2, -0.15) is 5.10 Å². The fourth-order valence-corrected chi connectivity index (χ4v) is 5.69. The van der Waals surface area contributed by atoms with Crippen LogP contribution in [0.1, 0.15) is 33.1 Å². The molecule has 3 aliphatic rings. The maximum Gasteiger partial charge on any atom is 0.269 e. The van der Waals surface area contributed by atoms with E-state index in [4.69, 9.17) is 0 Å². The van der Waals surface area contributed by atoms with E-state index in [-0.39, 0.29) is 16.9 Å². The van der Waals surface area contributed by atoms with E-state index >= 15 is 0 Å².